The molecule has 0 aliphatic heterocycles. The summed E-state index contributed by atoms with van der Waals surface area (Å²) in [6, 6.07) is 0. The number of nitrogens with zero attached hydrogens (tertiary/aromatic N) is 1. The molecule has 0 saturated heterocycles. The molecule has 0 aromatic rings. The summed E-state index contributed by atoms with van der Waals surface area (Å²) in [5.74, 6) is -0.800. The molecule has 0 aliphatic rings. The van der Waals surface area contributed by atoms with Crippen molar-refractivity contribution in [1.82, 2.24) is 0 Å². The number of phosphoric ester groups is 1. The molecule has 0 saturated carbocycles. The Morgan fingerprint density at radius 3 is 1.60 bits per heavy atom. The van der Waals surface area contributed by atoms with Crippen molar-refractivity contribution in [3.63, 3.8) is 0 Å². The zero-order valence-corrected chi connectivity index (χ0v) is 32.6. The molecule has 0 aromatic carbocycles. The molecule has 10 heteroatoms. The second kappa shape index (κ2) is 31.7. The predicted molar refractivity (Wildman–Crippen MR) is 197 cm³/mol. The highest BCUT2D eigenvalue weighted by atomic mass is 31.2. The van der Waals surface area contributed by atoms with Gasteiger partial charge < -0.3 is 18.9 Å². The molecular weight excluding hydrogens is 629 g/mol. The third-order valence-corrected chi connectivity index (χ3v) is 9.28. The van der Waals surface area contributed by atoms with E-state index in [1.165, 1.54) is 96.3 Å². The van der Waals surface area contributed by atoms with Crippen LogP contribution in [-0.2, 0) is 32.7 Å². The Balaban J connectivity index is 4.39. The molecule has 0 rings (SSSR count). The Kier molecular flexibility index (Phi) is 30.9. The average Bonchev–Trinajstić information content (AvgIpc) is 3.02. The number of esters is 2. The minimum absolute atomic E-state index is 0.0340. The standard InChI is InChI=1S/C38H74NO8P/c1-6-8-10-12-14-16-17-18-19-20-21-23-25-27-29-31-38(41)47-36(35-46-48(42,43)45-33-32-39(3,4)5)34-44-37(40)30-28-26-24-22-15-13-11-9-7-2/h12,14,36H,6-11,13,15-35H2,1-5H3/p+1/b14-12+/t36-/m1/s1. The van der Waals surface area contributed by atoms with Gasteiger partial charge in [0, 0.05) is 12.8 Å². The normalized spacial score (nSPS) is 13.9. The molecule has 0 aromatic heterocycles. The quantitative estimate of drug-likeness (QED) is 0.0228. The first-order valence-electron chi connectivity index (χ1n) is 19.4. The van der Waals surface area contributed by atoms with E-state index < -0.39 is 26.5 Å². The smallest absolute Gasteiger partial charge is 0.462 e. The Hall–Kier alpha value is -1.25. The van der Waals surface area contributed by atoms with Crippen molar-refractivity contribution < 1.29 is 42.1 Å². The summed E-state index contributed by atoms with van der Waals surface area (Å²) in [5.41, 5.74) is 0. The van der Waals surface area contributed by atoms with Gasteiger partial charge in [0.25, 0.3) is 0 Å². The third kappa shape index (κ3) is 34.6. The third-order valence-electron chi connectivity index (χ3n) is 8.30. The van der Waals surface area contributed by atoms with Gasteiger partial charge in [-0.3, -0.25) is 18.6 Å². The molecular formula is C38H75NO8P+. The number of allylic oxidation sites excluding steroid dienone is 2. The van der Waals surface area contributed by atoms with Crippen LogP contribution in [0.2, 0.25) is 0 Å². The Labute approximate surface area is 295 Å². The second-order valence-electron chi connectivity index (χ2n) is 14.3. The van der Waals surface area contributed by atoms with E-state index in [1.807, 2.05) is 21.1 Å². The van der Waals surface area contributed by atoms with Gasteiger partial charge in [0.05, 0.1) is 27.7 Å². The zero-order valence-electron chi connectivity index (χ0n) is 31.7. The molecule has 1 unspecified atom stereocenters. The Morgan fingerprint density at radius 2 is 1.08 bits per heavy atom. The number of quaternary nitrogens is 1. The number of unbranched alkanes of at least 4 members (excludes halogenated alkanes) is 19. The second-order valence-corrected chi connectivity index (χ2v) is 15.8. The van der Waals surface area contributed by atoms with Gasteiger partial charge in [-0.1, -0.05) is 135 Å². The van der Waals surface area contributed by atoms with E-state index >= 15 is 0 Å². The van der Waals surface area contributed by atoms with Crippen LogP contribution in [0.5, 0.6) is 0 Å². The van der Waals surface area contributed by atoms with Gasteiger partial charge in [0.2, 0.25) is 0 Å². The predicted octanol–water partition coefficient (Wildman–Crippen LogP) is 10.2. The van der Waals surface area contributed by atoms with Gasteiger partial charge >= 0.3 is 19.8 Å². The summed E-state index contributed by atoms with van der Waals surface area (Å²) >= 11 is 0. The van der Waals surface area contributed by atoms with Gasteiger partial charge in [-0.25, -0.2) is 4.57 Å². The maximum atomic E-state index is 12.6. The van der Waals surface area contributed by atoms with Gasteiger partial charge in [-0.15, -0.1) is 0 Å². The van der Waals surface area contributed by atoms with E-state index in [-0.39, 0.29) is 25.6 Å². The van der Waals surface area contributed by atoms with Crippen molar-refractivity contribution >= 4 is 19.8 Å². The molecule has 284 valence electrons. The number of ether oxygens (including phenoxy) is 2. The van der Waals surface area contributed by atoms with Gasteiger partial charge in [-0.05, 0) is 32.1 Å². The SMILES string of the molecule is CCCC/C=C/CCCCCCCCCCCC(=O)O[C@H](COC(=O)CCCCCCCCCCC)COP(=O)(O)OCC[N+](C)(C)C. The number of phosphoric acid groups is 1. The summed E-state index contributed by atoms with van der Waals surface area (Å²) in [6.45, 7) is 4.36. The van der Waals surface area contributed by atoms with E-state index in [0.29, 0.717) is 23.9 Å². The van der Waals surface area contributed by atoms with Crippen molar-refractivity contribution in [3.05, 3.63) is 12.2 Å². The number of carbonyl (C=O) groups is 2. The molecule has 0 radical (unpaired) electrons. The molecule has 0 bridgehead atoms. The minimum Gasteiger partial charge on any atom is -0.462 e. The lowest BCUT2D eigenvalue weighted by molar-refractivity contribution is -0.870. The molecule has 2 atom stereocenters. The monoisotopic (exact) mass is 705 g/mol. The fraction of sp³-hybridized carbons (Fsp3) is 0.895. The maximum absolute atomic E-state index is 12.6. The number of carbonyl (C=O) groups excluding carboxylic acids is 2. The van der Waals surface area contributed by atoms with Crippen LogP contribution in [0.3, 0.4) is 0 Å². The number of hydrogen-bond acceptors (Lipinski definition) is 7. The maximum Gasteiger partial charge on any atom is 0.472 e. The van der Waals surface area contributed by atoms with E-state index in [4.69, 9.17) is 18.5 Å². The molecule has 0 spiro atoms. The summed E-state index contributed by atoms with van der Waals surface area (Å²) in [5, 5.41) is 0. The summed E-state index contributed by atoms with van der Waals surface area (Å²) in [4.78, 5) is 35.1. The average molecular weight is 705 g/mol. The molecule has 0 heterocycles. The van der Waals surface area contributed by atoms with Crippen LogP contribution in [0.1, 0.15) is 168 Å². The first-order valence-corrected chi connectivity index (χ1v) is 20.9. The summed E-state index contributed by atoms with van der Waals surface area (Å²) in [7, 11) is 1.48. The van der Waals surface area contributed by atoms with Gasteiger partial charge in [0.1, 0.15) is 19.8 Å². The van der Waals surface area contributed by atoms with Crippen LogP contribution in [0, 0.1) is 0 Å². The Morgan fingerprint density at radius 1 is 0.625 bits per heavy atom. The van der Waals surface area contributed by atoms with Crippen LogP contribution in [0.25, 0.3) is 0 Å². The highest BCUT2D eigenvalue weighted by molar-refractivity contribution is 7.47. The largest absolute Gasteiger partial charge is 0.472 e. The lowest BCUT2D eigenvalue weighted by Gasteiger charge is -2.24. The van der Waals surface area contributed by atoms with Crippen molar-refractivity contribution in [2.75, 3.05) is 47.5 Å². The van der Waals surface area contributed by atoms with Crippen molar-refractivity contribution in [1.29, 1.82) is 0 Å². The topological polar surface area (TPSA) is 108 Å². The number of likely N-dealkylation sites (N-methyl/N-ethyl adjacent to an activating group) is 1. The molecule has 48 heavy (non-hydrogen) atoms. The highest BCUT2D eigenvalue weighted by Crippen LogP contribution is 2.43. The summed E-state index contributed by atoms with van der Waals surface area (Å²) < 4.78 is 34.1. The Bertz CT molecular complexity index is 845. The molecule has 0 fully saturated rings. The van der Waals surface area contributed by atoms with Crippen molar-refractivity contribution in [2.24, 2.45) is 0 Å². The van der Waals surface area contributed by atoms with Crippen LogP contribution >= 0.6 is 7.82 Å². The zero-order chi connectivity index (χ0) is 35.8. The lowest BCUT2D eigenvalue weighted by Crippen LogP contribution is -2.37. The molecule has 1 N–H and O–H groups in total. The first-order chi connectivity index (χ1) is 23.0. The summed E-state index contributed by atoms with van der Waals surface area (Å²) in [6.07, 6.45) is 29.7. The minimum atomic E-state index is -4.36. The molecule has 0 amide bonds. The van der Waals surface area contributed by atoms with Crippen LogP contribution in [-0.4, -0.2) is 74.9 Å². The first kappa shape index (κ1) is 46.8. The van der Waals surface area contributed by atoms with Crippen molar-refractivity contribution in [2.45, 2.75) is 174 Å². The highest BCUT2D eigenvalue weighted by Gasteiger charge is 2.27. The van der Waals surface area contributed by atoms with Crippen LogP contribution in [0.15, 0.2) is 12.2 Å². The van der Waals surface area contributed by atoms with Crippen LogP contribution < -0.4 is 0 Å². The fourth-order valence-corrected chi connectivity index (χ4v) is 5.91. The fourth-order valence-electron chi connectivity index (χ4n) is 5.17. The van der Waals surface area contributed by atoms with E-state index in [0.717, 1.165) is 38.5 Å². The van der Waals surface area contributed by atoms with E-state index in [2.05, 4.69) is 26.0 Å². The number of rotatable bonds is 35. The van der Waals surface area contributed by atoms with Gasteiger partial charge in [0.15, 0.2) is 6.10 Å². The van der Waals surface area contributed by atoms with E-state index in [1.54, 1.807) is 0 Å². The lowest BCUT2D eigenvalue weighted by atomic mass is 10.1. The molecule has 0 aliphatic carbocycles. The van der Waals surface area contributed by atoms with E-state index in [9.17, 15) is 19.0 Å². The molecule has 9 nitrogen and oxygen atoms in total. The van der Waals surface area contributed by atoms with Gasteiger partial charge in [-0.2, -0.15) is 0 Å². The van der Waals surface area contributed by atoms with Crippen LogP contribution in [0.4, 0.5) is 0 Å². The van der Waals surface area contributed by atoms with Crippen molar-refractivity contribution in [3.8, 4) is 0 Å². The number of hydrogen-bond donors (Lipinski definition) is 1.